The van der Waals surface area contributed by atoms with Crippen LogP contribution in [0.25, 0.3) is 31.2 Å². The summed E-state index contributed by atoms with van der Waals surface area (Å²) in [5.74, 6) is -0.159. The molecule has 2 N–H and O–H groups in total. The molecule has 0 atom stereocenters. The molecule has 5 heterocycles. The fourth-order valence-electron chi connectivity index (χ4n) is 4.28. The Morgan fingerprint density at radius 1 is 0.976 bits per heavy atom. The highest BCUT2D eigenvalue weighted by molar-refractivity contribution is 7.92. The van der Waals surface area contributed by atoms with E-state index in [2.05, 4.69) is 25.0 Å². The third-order valence-corrected chi connectivity index (χ3v) is 9.89. The maximum Gasteiger partial charge on any atom is 0.262 e. The summed E-state index contributed by atoms with van der Waals surface area (Å²) < 4.78 is 46.7. The van der Waals surface area contributed by atoms with Crippen LogP contribution >= 0.6 is 22.7 Å². The third kappa shape index (κ3) is 5.34. The topological polar surface area (TPSA) is 142 Å². The first-order valence-corrected chi connectivity index (χ1v) is 15.4. The van der Waals surface area contributed by atoms with Gasteiger partial charge in [-0.05, 0) is 42.5 Å². The van der Waals surface area contributed by atoms with E-state index in [0.717, 1.165) is 30.5 Å². The molecule has 1 aromatic carbocycles. The van der Waals surface area contributed by atoms with Crippen molar-refractivity contribution in [3.05, 3.63) is 65.4 Å². The number of anilines is 1. The summed E-state index contributed by atoms with van der Waals surface area (Å²) in [6.45, 7) is 0.709. The van der Waals surface area contributed by atoms with Crippen LogP contribution in [0.2, 0.25) is 0 Å². The fraction of sp³-hybridized carbons (Fsp3) is 0.185. The van der Waals surface area contributed by atoms with Gasteiger partial charge in [0.05, 0.1) is 45.8 Å². The highest BCUT2D eigenvalue weighted by Crippen LogP contribution is 2.40. The normalized spacial score (nSPS) is 14.1. The minimum atomic E-state index is -4.17. The largest absolute Gasteiger partial charge is 0.490 e. The number of fused-ring (bicyclic) bond motifs is 9. The lowest BCUT2D eigenvalue weighted by atomic mass is 10.2. The first-order valence-electron chi connectivity index (χ1n) is 12.3. The minimum absolute atomic E-state index is 0.0722. The number of sulfonamides is 1. The molecule has 0 saturated carbocycles. The molecule has 41 heavy (non-hydrogen) atoms. The van der Waals surface area contributed by atoms with E-state index in [0.29, 0.717) is 12.2 Å². The molecule has 0 fully saturated rings. The smallest absolute Gasteiger partial charge is 0.262 e. The number of carbonyl (C=O) groups excluding carboxylic acids is 1. The number of rotatable bonds is 5. The van der Waals surface area contributed by atoms with Gasteiger partial charge in [-0.1, -0.05) is 0 Å². The van der Waals surface area contributed by atoms with Gasteiger partial charge in [0.15, 0.2) is 0 Å². The summed E-state index contributed by atoms with van der Waals surface area (Å²) in [4.78, 5) is 29.2. The lowest BCUT2D eigenvalue weighted by Gasteiger charge is -2.15. The molecule has 0 aliphatic carbocycles. The first-order chi connectivity index (χ1) is 19.9. The van der Waals surface area contributed by atoms with Gasteiger partial charge in [0.25, 0.3) is 15.9 Å². The van der Waals surface area contributed by atoms with Crippen molar-refractivity contribution in [2.45, 2.75) is 11.4 Å². The van der Waals surface area contributed by atoms with Crippen LogP contribution in [0.1, 0.15) is 15.2 Å². The Morgan fingerprint density at radius 2 is 1.85 bits per heavy atom. The number of pyridine rings is 1. The predicted octanol–water partition coefficient (Wildman–Crippen LogP) is 4.56. The second-order valence-corrected chi connectivity index (χ2v) is 12.8. The summed E-state index contributed by atoms with van der Waals surface area (Å²) in [6.07, 6.45) is 3.13. The molecule has 1 aliphatic rings. The van der Waals surface area contributed by atoms with Crippen molar-refractivity contribution < 1.29 is 27.4 Å². The molecular formula is C27H23N5O6S3. The third-order valence-electron chi connectivity index (χ3n) is 6.25. The SMILES string of the molecule is COCCOc1ccc2cc1C(=O)NCc1ccc(s1)-c1ncnc3cc(sc13)-c1cnc(OC)c(c1)NS2(=O)=O. The van der Waals surface area contributed by atoms with Crippen LogP contribution in [0, 0.1) is 0 Å². The van der Waals surface area contributed by atoms with E-state index in [1.807, 2.05) is 18.2 Å². The molecule has 0 unspecified atom stereocenters. The number of ether oxygens (including phenoxy) is 3. The zero-order valence-electron chi connectivity index (χ0n) is 21.8. The van der Waals surface area contributed by atoms with E-state index in [4.69, 9.17) is 14.2 Å². The standard InChI is InChI=1S/C27H23N5O6S3/c1-36-7-8-38-21-5-4-17-10-18(21)26(33)28-13-16-3-6-22(39-16)24-25-19(30-14-31-24)11-23(40-25)15-9-20(32-41(17,34)35)27(37-2)29-12-15/h3-6,9-12,14,32H,7-8,13H2,1-2H3,(H,28,33). The monoisotopic (exact) mass is 609 g/mol. The van der Waals surface area contributed by atoms with E-state index in [9.17, 15) is 13.2 Å². The number of aromatic nitrogens is 3. The maximum atomic E-state index is 13.6. The van der Waals surface area contributed by atoms with Gasteiger partial charge in [-0.2, -0.15) is 0 Å². The van der Waals surface area contributed by atoms with Gasteiger partial charge in [-0.25, -0.2) is 23.4 Å². The molecule has 1 amide bonds. The molecule has 4 aromatic heterocycles. The number of nitrogens with one attached hydrogen (secondary N) is 2. The lowest BCUT2D eigenvalue weighted by Crippen LogP contribution is -2.24. The summed E-state index contributed by atoms with van der Waals surface area (Å²) in [6, 6.07) is 11.6. The molecule has 1 aliphatic heterocycles. The number of methoxy groups -OCH3 is 2. The van der Waals surface area contributed by atoms with Crippen LogP contribution < -0.4 is 19.5 Å². The summed E-state index contributed by atoms with van der Waals surface area (Å²) in [5, 5.41) is 2.88. The van der Waals surface area contributed by atoms with Gasteiger partial charge in [0.1, 0.15) is 30.1 Å². The van der Waals surface area contributed by atoms with Crippen LogP contribution in [0.4, 0.5) is 5.69 Å². The maximum absolute atomic E-state index is 13.6. The van der Waals surface area contributed by atoms with Crippen molar-refractivity contribution in [2.75, 3.05) is 32.2 Å². The molecule has 14 heteroatoms. The van der Waals surface area contributed by atoms with Crippen molar-refractivity contribution in [2.24, 2.45) is 0 Å². The minimum Gasteiger partial charge on any atom is -0.490 e. The van der Waals surface area contributed by atoms with E-state index < -0.39 is 15.9 Å². The van der Waals surface area contributed by atoms with E-state index in [1.165, 1.54) is 61.4 Å². The average Bonchev–Trinajstić information content (AvgIpc) is 3.63. The second-order valence-electron chi connectivity index (χ2n) is 8.88. The fourth-order valence-corrected chi connectivity index (χ4v) is 7.46. The van der Waals surface area contributed by atoms with Gasteiger partial charge in [-0.15, -0.1) is 22.7 Å². The average molecular weight is 610 g/mol. The van der Waals surface area contributed by atoms with Crippen molar-refractivity contribution in [1.82, 2.24) is 20.3 Å². The van der Waals surface area contributed by atoms with Crippen molar-refractivity contribution >= 4 is 54.5 Å². The first kappa shape index (κ1) is 27.1. The molecule has 0 radical (unpaired) electrons. The van der Waals surface area contributed by atoms with Gasteiger partial charge in [0.2, 0.25) is 5.88 Å². The Labute approximate surface area is 243 Å². The zero-order valence-corrected chi connectivity index (χ0v) is 24.3. The van der Waals surface area contributed by atoms with E-state index in [1.54, 1.807) is 12.3 Å². The highest BCUT2D eigenvalue weighted by atomic mass is 32.2. The molecule has 0 saturated heterocycles. The van der Waals surface area contributed by atoms with Crippen LogP contribution in [0.5, 0.6) is 11.6 Å². The molecule has 5 aromatic rings. The summed E-state index contributed by atoms with van der Waals surface area (Å²) in [5.41, 5.74) is 2.42. The Kier molecular flexibility index (Phi) is 7.30. The van der Waals surface area contributed by atoms with E-state index >= 15 is 0 Å². The predicted molar refractivity (Wildman–Crippen MR) is 156 cm³/mol. The number of benzene rings is 1. The lowest BCUT2D eigenvalue weighted by molar-refractivity contribution is 0.0943. The van der Waals surface area contributed by atoms with Gasteiger partial charge >= 0.3 is 0 Å². The van der Waals surface area contributed by atoms with Crippen LogP contribution in [-0.4, -0.2) is 56.7 Å². The van der Waals surface area contributed by atoms with Crippen LogP contribution in [-0.2, 0) is 21.3 Å². The number of hydrogen-bond donors (Lipinski definition) is 2. The molecule has 210 valence electrons. The van der Waals surface area contributed by atoms with Crippen molar-refractivity contribution in [1.29, 1.82) is 0 Å². The molecule has 6 rings (SSSR count). The van der Waals surface area contributed by atoms with Gasteiger partial charge < -0.3 is 19.5 Å². The molecule has 0 spiro atoms. The Balaban J connectivity index is 1.51. The van der Waals surface area contributed by atoms with Crippen molar-refractivity contribution in [3.8, 4) is 32.6 Å². The Hall–Kier alpha value is -4.11. The summed E-state index contributed by atoms with van der Waals surface area (Å²) in [7, 11) is -1.22. The molecule has 8 bridgehead atoms. The number of amides is 1. The quantitative estimate of drug-likeness (QED) is 0.274. The zero-order chi connectivity index (χ0) is 28.6. The number of hydrogen-bond acceptors (Lipinski definition) is 11. The van der Waals surface area contributed by atoms with Crippen molar-refractivity contribution in [3.63, 3.8) is 0 Å². The number of nitrogens with zero attached hydrogens (tertiary/aromatic N) is 3. The Bertz CT molecular complexity index is 1890. The molecule has 11 nitrogen and oxygen atoms in total. The highest BCUT2D eigenvalue weighted by Gasteiger charge is 2.23. The van der Waals surface area contributed by atoms with Gasteiger partial charge in [0, 0.05) is 28.6 Å². The number of thiophene rings is 2. The van der Waals surface area contributed by atoms with Gasteiger partial charge in [-0.3, -0.25) is 9.52 Å². The van der Waals surface area contributed by atoms with Crippen LogP contribution in [0.3, 0.4) is 0 Å². The number of carbonyl (C=O) groups is 1. The Morgan fingerprint density at radius 3 is 2.68 bits per heavy atom. The molecular weight excluding hydrogens is 587 g/mol. The second kappa shape index (κ2) is 11.0. The van der Waals surface area contributed by atoms with Crippen LogP contribution in [0.15, 0.2) is 59.9 Å². The van der Waals surface area contributed by atoms with E-state index in [-0.39, 0.29) is 40.9 Å². The summed E-state index contributed by atoms with van der Waals surface area (Å²) >= 11 is 2.99.